The minimum atomic E-state index is -4.83. The van der Waals surface area contributed by atoms with Gasteiger partial charge in [-0.2, -0.15) is 41.5 Å². The van der Waals surface area contributed by atoms with E-state index in [0.717, 1.165) is 6.33 Å². The van der Waals surface area contributed by atoms with Crippen molar-refractivity contribution in [2.75, 3.05) is 89.9 Å². The molecule has 740 valence electrons. The van der Waals surface area contributed by atoms with E-state index in [1.807, 2.05) is 57.6 Å². The van der Waals surface area contributed by atoms with Crippen LogP contribution in [0.2, 0.25) is 18.1 Å². The summed E-state index contributed by atoms with van der Waals surface area (Å²) in [5, 5.41) is 77.6. The van der Waals surface area contributed by atoms with E-state index in [1.54, 1.807) is 87.4 Å². The Hall–Kier alpha value is -8.88. The zero-order chi connectivity index (χ0) is 100. The number of phosphoric acid groups is 3. The first-order chi connectivity index (χ1) is 62.5. The Labute approximate surface area is 774 Å². The molecule has 4 aromatic rings. The summed E-state index contributed by atoms with van der Waals surface area (Å²) < 4.78 is 147. The molecule has 2 aliphatic heterocycles. The lowest BCUT2D eigenvalue weighted by atomic mass is 10.1. The van der Waals surface area contributed by atoms with E-state index in [2.05, 4.69) is 67.4 Å². The fourth-order valence-electron chi connectivity index (χ4n) is 10.8. The summed E-state index contributed by atoms with van der Waals surface area (Å²) >= 11 is 0. The number of aliphatic hydroxyl groups excluding tert-OH is 2. The number of H-pyrrole nitrogens is 2. The second-order valence-electron chi connectivity index (χ2n) is 33.5. The summed E-state index contributed by atoms with van der Waals surface area (Å²) in [6, 6.07) is 11.2. The number of imidazole rings is 2. The number of aromatic amines is 2. The van der Waals surface area contributed by atoms with Gasteiger partial charge in [0.2, 0.25) is 23.7 Å². The van der Waals surface area contributed by atoms with E-state index >= 15 is 0 Å². The quantitative estimate of drug-likeness (QED) is 0.00786. The highest BCUT2D eigenvalue weighted by atomic mass is 31.2. The maximum Gasteiger partial charge on any atom is 0.475 e. The molecule has 6 heterocycles. The number of carbonyl (C=O) groups excluding carboxylic acids is 6. The highest BCUT2D eigenvalue weighted by molar-refractivity contribution is 7.49. The molecule has 4 aromatic heterocycles. The number of hydrogen-bond acceptors (Lipinski definition) is 42. The maximum absolute atomic E-state index is 14.1. The van der Waals surface area contributed by atoms with Crippen LogP contribution in [0, 0.1) is 103 Å². The lowest BCUT2D eigenvalue weighted by molar-refractivity contribution is -0.172. The average Bonchev–Trinajstić information content (AvgIpc) is 1.61. The van der Waals surface area contributed by atoms with Crippen molar-refractivity contribution in [1.29, 1.82) is 31.6 Å². The molecular weight excluding hydrogens is 1850 g/mol. The lowest BCUT2D eigenvalue weighted by Gasteiger charge is -2.37. The van der Waals surface area contributed by atoms with Crippen LogP contribution in [0.5, 0.6) is 0 Å². The molecule has 53 heteroatoms. The predicted molar refractivity (Wildman–Crippen MR) is 474 cm³/mol. The van der Waals surface area contributed by atoms with E-state index in [9.17, 15) is 62.3 Å². The fourth-order valence-corrected chi connectivity index (χ4v) is 17.4. The molecule has 2 amide bonds. The van der Waals surface area contributed by atoms with Gasteiger partial charge in [0.15, 0.2) is 67.5 Å². The Morgan fingerprint density at radius 2 is 0.820 bits per heavy atom. The zero-order valence-electron chi connectivity index (χ0n) is 78.6. The first-order valence-corrected chi connectivity index (χ1v) is 51.2. The Morgan fingerprint density at radius 1 is 0.489 bits per heavy atom. The van der Waals surface area contributed by atoms with Crippen LogP contribution < -0.4 is 21.8 Å². The number of nitrogens with zero attached hydrogens (tertiary/aromatic N) is 13. The summed E-state index contributed by atoms with van der Waals surface area (Å²) in [6.07, 6.45) is -11.0. The highest BCUT2D eigenvalue weighted by Crippen LogP contribution is 2.55. The van der Waals surface area contributed by atoms with Crippen LogP contribution >= 0.6 is 32.0 Å². The molecule has 6 N–H and O–H groups in total. The van der Waals surface area contributed by atoms with E-state index in [0.29, 0.717) is 0 Å². The van der Waals surface area contributed by atoms with Crippen LogP contribution in [0.4, 0.5) is 11.9 Å². The van der Waals surface area contributed by atoms with Gasteiger partial charge >= 0.3 is 47.3 Å². The first-order valence-electron chi connectivity index (χ1n) is 42.8. The number of nitriles is 6. The van der Waals surface area contributed by atoms with Gasteiger partial charge in [0.1, 0.15) is 24.4 Å². The number of amides is 2. The van der Waals surface area contributed by atoms with Crippen molar-refractivity contribution in [1.82, 2.24) is 43.7 Å². The Bertz CT molecular complexity index is 4950. The van der Waals surface area contributed by atoms with Crippen molar-refractivity contribution in [3.8, 4) is 36.4 Å². The lowest BCUT2D eigenvalue weighted by Crippen LogP contribution is -2.43. The van der Waals surface area contributed by atoms with Crippen LogP contribution in [0.25, 0.3) is 22.3 Å². The van der Waals surface area contributed by atoms with E-state index in [-0.39, 0.29) is 135 Å². The Morgan fingerprint density at radius 3 is 1.14 bits per heavy atom. The van der Waals surface area contributed by atoms with E-state index < -0.39 is 218 Å². The third-order valence-corrected chi connectivity index (χ3v) is 30.1. The molecule has 12 atom stereocenters. The summed E-state index contributed by atoms with van der Waals surface area (Å²) in [7, 11) is -17.1. The van der Waals surface area contributed by atoms with Crippen LogP contribution in [0.15, 0.2) is 22.2 Å². The summed E-state index contributed by atoms with van der Waals surface area (Å²) in [4.78, 5) is 125. The molecule has 2 saturated heterocycles. The van der Waals surface area contributed by atoms with Crippen LogP contribution in [-0.4, -0.2) is 238 Å². The third-order valence-electron chi connectivity index (χ3n) is 19.0. The Balaban J connectivity index is 0.000000451. The fraction of sp³-hybridized carbons (Fsp3) is 0.725. The SMILES string of the molecule is CC(C)(C)[Si](C)(C)OCC(CO)OP(=O)(OCCC#N)OCCC#N.CC(C)C(=O)Nc1nc2c(ncn2C2O[C@H](COP(=O)(OCCC#N)OCC(CO)OP(=O)(OCCC#N)OCCC#N)[C@@H](OC(=O)C(C)C)[C@H]2OC(=O)C(C)C)c(=O)[nH]1.CC(C)C(=O)Nc1nc2c(ncn2C2O[C@H](COP(OCCC#N)N(C(C)C)C(C)C)[C@@H](OC(=O)C(C)C)[C@H]2OC(=O)C(C)C)c(=O)[nH]1. The number of hydrogen-bond donors (Lipinski definition) is 6. The van der Waals surface area contributed by atoms with Gasteiger partial charge in [-0.05, 0) is 45.8 Å². The smallest absolute Gasteiger partial charge is 0.455 e. The molecule has 0 bridgehead atoms. The van der Waals surface area contributed by atoms with Gasteiger partial charge in [0, 0.05) is 23.9 Å². The minimum absolute atomic E-state index is 0.0131. The van der Waals surface area contributed by atoms with Crippen molar-refractivity contribution in [2.24, 2.45) is 35.5 Å². The molecular formula is C80H125N17O31P4Si. The maximum atomic E-state index is 14.1. The minimum Gasteiger partial charge on any atom is -0.455 e. The molecule has 2 aliphatic rings. The number of rotatable bonds is 53. The van der Waals surface area contributed by atoms with E-state index in [4.69, 9.17) is 114 Å². The zero-order valence-corrected chi connectivity index (χ0v) is 83.2. The number of nitrogens with one attached hydrogen (secondary N) is 4. The molecule has 0 spiro atoms. The first kappa shape index (κ1) is 116. The van der Waals surface area contributed by atoms with Crippen molar-refractivity contribution in [3.05, 3.63) is 33.4 Å². The second-order valence-corrected chi connectivity index (χ2v) is 44.7. The van der Waals surface area contributed by atoms with Crippen molar-refractivity contribution >= 4 is 110 Å². The number of esters is 4. The van der Waals surface area contributed by atoms with Crippen LogP contribution in [-0.2, 0) is 125 Å². The molecule has 6 rings (SSSR count). The van der Waals surface area contributed by atoms with Gasteiger partial charge < -0.3 is 52.1 Å². The third kappa shape index (κ3) is 36.6. The summed E-state index contributed by atoms with van der Waals surface area (Å²) in [5.74, 6) is -7.16. The van der Waals surface area contributed by atoms with Crippen molar-refractivity contribution in [3.63, 3.8) is 0 Å². The summed E-state index contributed by atoms with van der Waals surface area (Å²) in [5.41, 5.74) is -1.72. The highest BCUT2D eigenvalue weighted by Gasteiger charge is 2.55. The van der Waals surface area contributed by atoms with Crippen LogP contribution in [0.3, 0.4) is 0 Å². The number of ether oxygens (including phenoxy) is 6. The number of carbonyl (C=O) groups is 6. The van der Waals surface area contributed by atoms with Gasteiger partial charge in [-0.15, -0.1) is 0 Å². The number of aromatic nitrogens is 8. The molecule has 0 aromatic carbocycles. The van der Waals surface area contributed by atoms with Gasteiger partial charge in [0.25, 0.3) is 19.6 Å². The van der Waals surface area contributed by atoms with Gasteiger partial charge in [-0.25, -0.2) is 28.3 Å². The van der Waals surface area contributed by atoms with E-state index in [1.165, 1.54) is 29.3 Å². The Kier molecular flexibility index (Phi) is 49.0. The largest absolute Gasteiger partial charge is 0.475 e. The summed E-state index contributed by atoms with van der Waals surface area (Å²) in [6.45, 7) is 33.3. The standard InChI is InChI=1S/C34H48N8O16P2.C31H48N7O9P.C15H29N2O6PSi/c1-20(2)29(44)40-34-39-28-25(30(45)41-34)38-19-42(28)31-27(57-33(47)22(5)6)26(56-32(46)21(3)4)24(55-31)18-54-59(48,50-13-7-10-35)53-17-23(16-43)58-60(49,51-14-8-11-36)52-15-9-12-37;1-16(2)26(39)35-31-34-25-22(27(40)36-31)33-15-37(25)28-24(47-30(42)18(5)6)23(46-29(41)17(3)4)21(45-28)14-44-48(43-13-11-12-32)38(19(7)8)20(9)10;1-15(2,3)25(4,5)22-13-14(12-18)23-24(19,20-10-6-8-16)21-11-7-9-17/h19-24,26-27,31,43H,7-9,13-18H2,1-6H3,(H2,39,40,41,44,45);15-21,23-24,28H,11,13-14H2,1-10H3,(H2,34,35,36,39,40);14,18H,6-7,10-13H2,1-5H3/t23?,24-,26-,27-,31?,59?;21-,23-,24-,28?,48?;/m11./s1. The predicted octanol–water partition coefficient (Wildman–Crippen LogP) is 10.6. The normalized spacial score (nSPS) is 18.7. The number of fused-ring (bicyclic) bond motifs is 2. The molecule has 0 radical (unpaired) electrons. The molecule has 2 fully saturated rings. The average molecular weight is 1970 g/mol. The van der Waals surface area contributed by atoms with Gasteiger partial charge in [0.05, 0.1) is 191 Å². The van der Waals surface area contributed by atoms with Gasteiger partial charge in [-0.3, -0.25) is 109 Å². The number of phosphoric ester groups is 3. The number of aliphatic hydroxyl groups is 2. The van der Waals surface area contributed by atoms with Gasteiger partial charge in [-0.1, -0.05) is 104 Å². The number of anilines is 2. The molecule has 0 aliphatic carbocycles. The molecule has 48 nitrogen and oxygen atoms in total. The van der Waals surface area contributed by atoms with Crippen molar-refractivity contribution in [2.45, 2.75) is 262 Å². The topological polar surface area (TPSA) is 657 Å². The molecule has 6 unspecified atom stereocenters. The monoisotopic (exact) mass is 1970 g/mol. The molecule has 0 saturated carbocycles. The molecule has 133 heavy (non-hydrogen) atoms. The van der Waals surface area contributed by atoms with Crippen LogP contribution in [0.1, 0.15) is 183 Å². The second kappa shape index (κ2) is 56.0. The van der Waals surface area contributed by atoms with Crippen molar-refractivity contribution < 1.29 is 135 Å².